The quantitative estimate of drug-likeness (QED) is 0.404. The molecule has 7 nitrogen and oxygen atoms in total. The molecule has 0 amide bonds. The summed E-state index contributed by atoms with van der Waals surface area (Å²) in [6, 6.07) is 12.3. The van der Waals surface area contributed by atoms with Crippen LogP contribution in [0.15, 0.2) is 54.2 Å². The van der Waals surface area contributed by atoms with Crippen molar-refractivity contribution >= 4 is 27.9 Å². The normalized spacial score (nSPS) is 12.1. The van der Waals surface area contributed by atoms with Gasteiger partial charge in [-0.2, -0.15) is 5.10 Å². The highest BCUT2D eigenvalue weighted by atomic mass is 32.1. The molecule has 0 radical (unpaired) electrons. The SMILES string of the molecule is CNCc1ccccc1-c1csc([C@@H](N)Nc2nncc3cnc(OC)cc23)c1. The first-order valence-electron chi connectivity index (χ1n) is 9.18. The second-order valence-corrected chi connectivity index (χ2v) is 7.50. The van der Waals surface area contributed by atoms with Gasteiger partial charge in [-0.05, 0) is 35.2 Å². The number of thiophene rings is 1. The highest BCUT2D eigenvalue weighted by molar-refractivity contribution is 7.10. The number of hydrogen-bond donors (Lipinski definition) is 3. The van der Waals surface area contributed by atoms with Gasteiger partial charge in [0.2, 0.25) is 5.88 Å². The summed E-state index contributed by atoms with van der Waals surface area (Å²) in [4.78, 5) is 5.22. The maximum atomic E-state index is 6.45. The van der Waals surface area contributed by atoms with Crippen molar-refractivity contribution in [3.8, 4) is 17.0 Å². The van der Waals surface area contributed by atoms with E-state index >= 15 is 0 Å². The van der Waals surface area contributed by atoms with Crippen molar-refractivity contribution in [2.75, 3.05) is 19.5 Å². The Morgan fingerprint density at radius 1 is 1.21 bits per heavy atom. The number of hydrogen-bond acceptors (Lipinski definition) is 8. The number of methoxy groups -OCH3 is 1. The van der Waals surface area contributed by atoms with E-state index in [9.17, 15) is 0 Å². The lowest BCUT2D eigenvalue weighted by Gasteiger charge is -2.14. The summed E-state index contributed by atoms with van der Waals surface area (Å²) < 4.78 is 5.23. The van der Waals surface area contributed by atoms with Crippen LogP contribution in [-0.2, 0) is 6.54 Å². The predicted octanol–water partition coefficient (Wildman–Crippen LogP) is 3.55. The molecule has 0 saturated carbocycles. The third-order valence-corrected chi connectivity index (χ3v) is 5.66. The van der Waals surface area contributed by atoms with Gasteiger partial charge in [0.25, 0.3) is 0 Å². The molecule has 0 aliphatic carbocycles. The second kappa shape index (κ2) is 8.52. The molecule has 1 aromatic carbocycles. The Bertz CT molecular complexity index is 1130. The summed E-state index contributed by atoms with van der Waals surface area (Å²) in [6.45, 7) is 0.813. The van der Waals surface area contributed by atoms with Crippen molar-refractivity contribution in [1.29, 1.82) is 0 Å². The highest BCUT2D eigenvalue weighted by Gasteiger charge is 2.14. The topological polar surface area (TPSA) is 98.0 Å². The lowest BCUT2D eigenvalue weighted by atomic mass is 10.0. The number of nitrogens with two attached hydrogens (primary N) is 1. The fourth-order valence-corrected chi connectivity index (χ4v) is 4.06. The molecule has 0 bridgehead atoms. The van der Waals surface area contributed by atoms with Crippen LogP contribution in [0.5, 0.6) is 5.88 Å². The number of pyridine rings is 1. The summed E-state index contributed by atoms with van der Waals surface area (Å²) in [6.07, 6.45) is 2.96. The number of aromatic nitrogens is 3. The summed E-state index contributed by atoms with van der Waals surface area (Å²) in [5.74, 6) is 1.11. The number of fused-ring (bicyclic) bond motifs is 1. The van der Waals surface area contributed by atoms with E-state index in [0.29, 0.717) is 11.7 Å². The van der Waals surface area contributed by atoms with Gasteiger partial charge in [-0.15, -0.1) is 16.4 Å². The maximum Gasteiger partial charge on any atom is 0.213 e. The molecule has 148 valence electrons. The molecule has 0 unspecified atom stereocenters. The number of nitrogens with zero attached hydrogens (tertiary/aromatic N) is 3. The summed E-state index contributed by atoms with van der Waals surface area (Å²) in [5.41, 5.74) is 10.1. The Morgan fingerprint density at radius 2 is 2.07 bits per heavy atom. The molecule has 29 heavy (non-hydrogen) atoms. The van der Waals surface area contributed by atoms with E-state index in [-0.39, 0.29) is 0 Å². The molecule has 0 saturated heterocycles. The van der Waals surface area contributed by atoms with Crippen LogP contribution >= 0.6 is 11.3 Å². The molecule has 4 rings (SSSR count). The predicted molar refractivity (Wildman–Crippen MR) is 117 cm³/mol. The van der Waals surface area contributed by atoms with Gasteiger partial charge in [-0.3, -0.25) is 0 Å². The Balaban J connectivity index is 1.61. The minimum atomic E-state index is -0.413. The van der Waals surface area contributed by atoms with E-state index in [1.165, 1.54) is 11.1 Å². The Hall–Kier alpha value is -3.07. The molecule has 3 aromatic heterocycles. The van der Waals surface area contributed by atoms with Gasteiger partial charge in [0.15, 0.2) is 5.82 Å². The van der Waals surface area contributed by atoms with E-state index in [2.05, 4.69) is 61.5 Å². The van der Waals surface area contributed by atoms with E-state index in [1.807, 2.05) is 13.1 Å². The first-order valence-corrected chi connectivity index (χ1v) is 10.1. The van der Waals surface area contributed by atoms with Crippen LogP contribution < -0.4 is 21.1 Å². The zero-order valence-corrected chi connectivity index (χ0v) is 17.0. The number of anilines is 1. The minimum Gasteiger partial charge on any atom is -0.481 e. The van der Waals surface area contributed by atoms with Crippen molar-refractivity contribution in [2.24, 2.45) is 5.73 Å². The van der Waals surface area contributed by atoms with Crippen LogP contribution in [0.1, 0.15) is 16.6 Å². The summed E-state index contributed by atoms with van der Waals surface area (Å²) >= 11 is 1.62. The van der Waals surface area contributed by atoms with E-state index in [1.54, 1.807) is 30.8 Å². The number of rotatable bonds is 7. The molecule has 0 aliphatic heterocycles. The lowest BCUT2D eigenvalue weighted by molar-refractivity contribution is 0.399. The standard InChI is InChI=1S/C21H22N6OS/c1-23-9-13-5-3-4-6-16(13)14-7-18(29-12-14)20(22)26-21-17-8-19(28-2)24-10-15(17)11-25-27-21/h3-8,10-12,20,23H,9,22H2,1-2H3,(H,26,27)/t20-/m0/s1. The van der Waals surface area contributed by atoms with Crippen molar-refractivity contribution in [1.82, 2.24) is 20.5 Å². The average Bonchev–Trinajstić information content (AvgIpc) is 3.24. The van der Waals surface area contributed by atoms with Crippen LogP contribution in [-0.4, -0.2) is 29.3 Å². The molecular formula is C21H22N6OS. The molecule has 0 fully saturated rings. The van der Waals surface area contributed by atoms with Gasteiger partial charge >= 0.3 is 0 Å². The van der Waals surface area contributed by atoms with Crippen molar-refractivity contribution < 1.29 is 4.74 Å². The van der Waals surface area contributed by atoms with Crippen LogP contribution in [0.2, 0.25) is 0 Å². The van der Waals surface area contributed by atoms with Crippen LogP contribution in [0.3, 0.4) is 0 Å². The lowest BCUT2D eigenvalue weighted by Crippen LogP contribution is -2.20. The summed E-state index contributed by atoms with van der Waals surface area (Å²) in [5, 5.41) is 18.6. The zero-order valence-electron chi connectivity index (χ0n) is 16.2. The molecule has 4 N–H and O–H groups in total. The van der Waals surface area contributed by atoms with Crippen molar-refractivity contribution in [3.63, 3.8) is 0 Å². The van der Waals surface area contributed by atoms with Crippen molar-refractivity contribution in [3.05, 3.63) is 64.6 Å². The molecule has 4 aromatic rings. The molecule has 8 heteroatoms. The van der Waals surface area contributed by atoms with E-state index < -0.39 is 6.17 Å². The minimum absolute atomic E-state index is 0.413. The van der Waals surface area contributed by atoms with Gasteiger partial charge in [0.05, 0.1) is 13.3 Å². The van der Waals surface area contributed by atoms with E-state index in [0.717, 1.165) is 27.8 Å². The Kier molecular flexibility index (Phi) is 5.66. The molecule has 3 heterocycles. The van der Waals surface area contributed by atoms with Gasteiger partial charge in [0.1, 0.15) is 6.17 Å². The maximum absolute atomic E-state index is 6.45. The second-order valence-electron chi connectivity index (χ2n) is 6.55. The number of nitrogens with one attached hydrogen (secondary N) is 2. The van der Waals surface area contributed by atoms with Gasteiger partial charge in [-0.25, -0.2) is 4.98 Å². The highest BCUT2D eigenvalue weighted by Crippen LogP contribution is 2.32. The molecular weight excluding hydrogens is 384 g/mol. The van der Waals surface area contributed by atoms with Crippen LogP contribution in [0, 0.1) is 0 Å². The average molecular weight is 407 g/mol. The Labute approximate surface area is 173 Å². The van der Waals surface area contributed by atoms with Crippen molar-refractivity contribution in [2.45, 2.75) is 12.7 Å². The molecule has 1 atom stereocenters. The van der Waals surface area contributed by atoms with E-state index in [4.69, 9.17) is 10.5 Å². The van der Waals surface area contributed by atoms with Gasteiger partial charge in [0, 0.05) is 34.5 Å². The van der Waals surface area contributed by atoms with Crippen LogP contribution in [0.4, 0.5) is 5.82 Å². The van der Waals surface area contributed by atoms with Crippen LogP contribution in [0.25, 0.3) is 21.9 Å². The largest absolute Gasteiger partial charge is 0.481 e. The summed E-state index contributed by atoms with van der Waals surface area (Å²) in [7, 11) is 3.53. The fourth-order valence-electron chi connectivity index (χ4n) is 3.20. The number of ether oxygens (including phenoxy) is 1. The monoisotopic (exact) mass is 406 g/mol. The first-order chi connectivity index (χ1) is 14.2. The fraction of sp³-hybridized carbons (Fsp3) is 0.190. The first kappa shape index (κ1) is 19.3. The molecule has 0 spiro atoms. The molecule has 0 aliphatic rings. The zero-order chi connectivity index (χ0) is 20.2. The Morgan fingerprint density at radius 3 is 2.90 bits per heavy atom. The van der Waals surface area contributed by atoms with Gasteiger partial charge in [-0.1, -0.05) is 24.3 Å². The smallest absolute Gasteiger partial charge is 0.213 e. The third-order valence-electron chi connectivity index (χ3n) is 4.64. The third kappa shape index (κ3) is 4.04. The van der Waals surface area contributed by atoms with Gasteiger partial charge < -0.3 is 21.1 Å². The number of benzene rings is 1.